The summed E-state index contributed by atoms with van der Waals surface area (Å²) in [5, 5.41) is 1.13. The number of ether oxygens (including phenoxy) is 1. The van der Waals surface area contributed by atoms with Gasteiger partial charge in [-0.25, -0.2) is 9.97 Å². The number of aryl methyl sites for hydroxylation is 1. The zero-order chi connectivity index (χ0) is 13.0. The summed E-state index contributed by atoms with van der Waals surface area (Å²) in [4.78, 5) is 8.32. The fourth-order valence-electron chi connectivity index (χ4n) is 1.54. The molecule has 0 radical (unpaired) electrons. The predicted octanol–water partition coefficient (Wildman–Crippen LogP) is 3.81. The first-order valence-corrected chi connectivity index (χ1v) is 6.21. The van der Waals surface area contributed by atoms with Crippen molar-refractivity contribution in [3.05, 3.63) is 57.6 Å². The van der Waals surface area contributed by atoms with Crippen molar-refractivity contribution in [1.29, 1.82) is 0 Å². The van der Waals surface area contributed by atoms with Gasteiger partial charge in [0.05, 0.1) is 6.61 Å². The summed E-state index contributed by atoms with van der Waals surface area (Å²) in [6.07, 6.45) is 0. The molecular weight excluding hydrogens is 271 g/mol. The summed E-state index contributed by atoms with van der Waals surface area (Å²) in [6, 6.07) is 9.25. The first-order chi connectivity index (χ1) is 8.63. The molecule has 0 bridgehead atoms. The number of hydrogen-bond donors (Lipinski definition) is 0. The molecule has 0 aliphatic rings. The van der Waals surface area contributed by atoms with Gasteiger partial charge in [0, 0.05) is 10.7 Å². The van der Waals surface area contributed by atoms with E-state index in [1.54, 1.807) is 6.07 Å². The van der Waals surface area contributed by atoms with Crippen molar-refractivity contribution in [2.75, 3.05) is 0 Å². The monoisotopic (exact) mass is 282 g/mol. The van der Waals surface area contributed by atoms with Gasteiger partial charge in [-0.1, -0.05) is 35.3 Å². The van der Waals surface area contributed by atoms with Crippen LogP contribution in [0.1, 0.15) is 17.1 Å². The number of nitrogens with zero attached hydrogens (tertiary/aromatic N) is 2. The molecular formula is C13H12Cl2N2O. The SMILES string of the molecule is Cc1cc(Cl)nc(COCc2cccc(Cl)c2)n1. The lowest BCUT2D eigenvalue weighted by Gasteiger charge is -2.05. The van der Waals surface area contributed by atoms with Crippen molar-refractivity contribution >= 4 is 23.2 Å². The Hall–Kier alpha value is -1.16. The Morgan fingerprint density at radius 3 is 2.67 bits per heavy atom. The Morgan fingerprint density at radius 2 is 1.94 bits per heavy atom. The van der Waals surface area contributed by atoms with Gasteiger partial charge in [-0.2, -0.15) is 0 Å². The Kier molecular flexibility index (Phi) is 4.53. The summed E-state index contributed by atoms with van der Waals surface area (Å²) in [7, 11) is 0. The predicted molar refractivity (Wildman–Crippen MR) is 71.7 cm³/mol. The number of aromatic nitrogens is 2. The minimum Gasteiger partial charge on any atom is -0.369 e. The highest BCUT2D eigenvalue weighted by Crippen LogP contribution is 2.12. The van der Waals surface area contributed by atoms with Crippen molar-refractivity contribution in [2.45, 2.75) is 20.1 Å². The van der Waals surface area contributed by atoms with Gasteiger partial charge >= 0.3 is 0 Å². The third-order valence-electron chi connectivity index (χ3n) is 2.26. The summed E-state index contributed by atoms with van der Waals surface area (Å²) in [5.74, 6) is 0.585. The molecule has 0 aliphatic heterocycles. The van der Waals surface area contributed by atoms with Crippen LogP contribution >= 0.6 is 23.2 Å². The molecule has 1 aromatic carbocycles. The summed E-state index contributed by atoms with van der Waals surface area (Å²) in [5.41, 5.74) is 1.85. The zero-order valence-corrected chi connectivity index (χ0v) is 11.4. The third-order valence-corrected chi connectivity index (χ3v) is 2.69. The molecule has 3 nitrogen and oxygen atoms in total. The second-order valence-electron chi connectivity index (χ2n) is 3.87. The topological polar surface area (TPSA) is 35.0 Å². The minimum atomic E-state index is 0.327. The van der Waals surface area contributed by atoms with Crippen LogP contribution < -0.4 is 0 Å². The highest BCUT2D eigenvalue weighted by atomic mass is 35.5. The zero-order valence-electron chi connectivity index (χ0n) is 9.86. The maximum Gasteiger partial charge on any atom is 0.155 e. The Morgan fingerprint density at radius 1 is 1.11 bits per heavy atom. The lowest BCUT2D eigenvalue weighted by molar-refractivity contribution is 0.102. The summed E-state index contributed by atoms with van der Waals surface area (Å²) >= 11 is 11.7. The molecule has 0 amide bonds. The molecule has 2 aromatic rings. The largest absolute Gasteiger partial charge is 0.369 e. The molecule has 2 rings (SSSR count). The maximum atomic E-state index is 5.88. The van der Waals surface area contributed by atoms with E-state index in [9.17, 15) is 0 Å². The van der Waals surface area contributed by atoms with Crippen molar-refractivity contribution in [2.24, 2.45) is 0 Å². The molecule has 0 spiro atoms. The Balaban J connectivity index is 1.92. The van der Waals surface area contributed by atoms with E-state index in [-0.39, 0.29) is 0 Å². The van der Waals surface area contributed by atoms with Crippen LogP contribution in [0.4, 0.5) is 0 Å². The molecule has 0 unspecified atom stereocenters. The van der Waals surface area contributed by atoms with Crippen LogP contribution in [-0.4, -0.2) is 9.97 Å². The molecule has 0 saturated carbocycles. The van der Waals surface area contributed by atoms with E-state index >= 15 is 0 Å². The number of rotatable bonds is 4. The van der Waals surface area contributed by atoms with E-state index in [2.05, 4.69) is 9.97 Å². The van der Waals surface area contributed by atoms with E-state index in [0.29, 0.717) is 29.2 Å². The molecule has 0 N–H and O–H groups in total. The number of halogens is 2. The lowest BCUT2D eigenvalue weighted by atomic mass is 10.2. The second kappa shape index (κ2) is 6.14. The van der Waals surface area contributed by atoms with Crippen LogP contribution in [0.2, 0.25) is 10.2 Å². The van der Waals surface area contributed by atoms with Gasteiger partial charge < -0.3 is 4.74 Å². The van der Waals surface area contributed by atoms with Crippen molar-refractivity contribution in [3.8, 4) is 0 Å². The highest BCUT2D eigenvalue weighted by Gasteiger charge is 2.01. The van der Waals surface area contributed by atoms with E-state index in [1.807, 2.05) is 31.2 Å². The first-order valence-electron chi connectivity index (χ1n) is 5.46. The molecule has 5 heteroatoms. The molecule has 18 heavy (non-hydrogen) atoms. The van der Waals surface area contributed by atoms with Gasteiger partial charge in [0.25, 0.3) is 0 Å². The minimum absolute atomic E-state index is 0.327. The van der Waals surface area contributed by atoms with Gasteiger partial charge in [0.2, 0.25) is 0 Å². The third kappa shape index (κ3) is 3.95. The van der Waals surface area contributed by atoms with Crippen LogP contribution in [0, 0.1) is 6.92 Å². The molecule has 94 valence electrons. The van der Waals surface area contributed by atoms with Crippen LogP contribution in [0.25, 0.3) is 0 Å². The normalized spacial score (nSPS) is 10.6. The van der Waals surface area contributed by atoms with E-state index < -0.39 is 0 Å². The van der Waals surface area contributed by atoms with Gasteiger partial charge in [-0.3, -0.25) is 0 Å². The van der Waals surface area contributed by atoms with Gasteiger partial charge in [-0.05, 0) is 30.7 Å². The fourth-order valence-corrected chi connectivity index (χ4v) is 2.01. The molecule has 0 aliphatic carbocycles. The quantitative estimate of drug-likeness (QED) is 0.800. The second-order valence-corrected chi connectivity index (χ2v) is 4.69. The number of benzene rings is 1. The van der Waals surface area contributed by atoms with Crippen LogP contribution in [0.3, 0.4) is 0 Å². The summed E-state index contributed by atoms with van der Waals surface area (Å²) < 4.78 is 5.53. The van der Waals surface area contributed by atoms with Gasteiger partial charge in [-0.15, -0.1) is 0 Å². The van der Waals surface area contributed by atoms with Crippen LogP contribution in [0.5, 0.6) is 0 Å². The summed E-state index contributed by atoms with van der Waals surface area (Å²) in [6.45, 7) is 2.66. The fraction of sp³-hybridized carbons (Fsp3) is 0.231. The standard InChI is InChI=1S/C13H12Cl2N2O/c1-9-5-12(15)17-13(16-9)8-18-7-10-3-2-4-11(14)6-10/h2-6H,7-8H2,1H3. The molecule has 0 saturated heterocycles. The van der Waals surface area contributed by atoms with Crippen LogP contribution in [-0.2, 0) is 18.0 Å². The van der Waals surface area contributed by atoms with E-state index in [1.165, 1.54) is 0 Å². The Bertz CT molecular complexity index is 526. The Labute approximate surface area is 116 Å². The smallest absolute Gasteiger partial charge is 0.155 e. The molecule has 1 heterocycles. The molecule has 0 fully saturated rings. The molecule has 1 aromatic heterocycles. The number of hydrogen-bond acceptors (Lipinski definition) is 3. The molecule has 0 atom stereocenters. The van der Waals surface area contributed by atoms with Crippen molar-refractivity contribution in [1.82, 2.24) is 9.97 Å². The van der Waals surface area contributed by atoms with E-state index in [0.717, 1.165) is 11.3 Å². The average Bonchev–Trinajstić information content (AvgIpc) is 2.27. The van der Waals surface area contributed by atoms with E-state index in [4.69, 9.17) is 27.9 Å². The van der Waals surface area contributed by atoms with Gasteiger partial charge in [0.1, 0.15) is 11.8 Å². The average molecular weight is 283 g/mol. The van der Waals surface area contributed by atoms with Crippen molar-refractivity contribution < 1.29 is 4.74 Å². The highest BCUT2D eigenvalue weighted by molar-refractivity contribution is 6.30. The lowest BCUT2D eigenvalue weighted by Crippen LogP contribution is -2.01. The van der Waals surface area contributed by atoms with Crippen molar-refractivity contribution in [3.63, 3.8) is 0 Å². The first kappa shape index (κ1) is 13.3. The van der Waals surface area contributed by atoms with Gasteiger partial charge in [0.15, 0.2) is 5.82 Å². The van der Waals surface area contributed by atoms with Crippen LogP contribution in [0.15, 0.2) is 30.3 Å². The maximum absolute atomic E-state index is 5.88.